The lowest BCUT2D eigenvalue weighted by molar-refractivity contribution is 0.353. The quantitative estimate of drug-likeness (QED) is 0.441. The van der Waals surface area contributed by atoms with E-state index in [4.69, 9.17) is 21.1 Å². The molecule has 27 heavy (non-hydrogen) atoms. The fraction of sp³-hybridized carbons (Fsp3) is 0.300. The molecule has 0 saturated heterocycles. The summed E-state index contributed by atoms with van der Waals surface area (Å²) in [6.45, 7) is 4.07. The van der Waals surface area contributed by atoms with Crippen LogP contribution in [0.1, 0.15) is 11.1 Å². The third kappa shape index (κ3) is 5.25. The van der Waals surface area contributed by atoms with Crippen molar-refractivity contribution in [2.45, 2.75) is 17.9 Å². The van der Waals surface area contributed by atoms with Crippen LogP contribution in [0.5, 0.6) is 11.5 Å². The first kappa shape index (κ1) is 21.3. The van der Waals surface area contributed by atoms with Gasteiger partial charge >= 0.3 is 0 Å². The summed E-state index contributed by atoms with van der Waals surface area (Å²) in [7, 11) is -0.572. The summed E-state index contributed by atoms with van der Waals surface area (Å²) >= 11 is 5.74. The molecule has 0 aliphatic heterocycles. The smallest absolute Gasteiger partial charge is 0.243 e. The van der Waals surface area contributed by atoms with Gasteiger partial charge in [-0.25, -0.2) is 8.42 Å². The van der Waals surface area contributed by atoms with Crippen molar-refractivity contribution in [3.05, 3.63) is 66.2 Å². The van der Waals surface area contributed by atoms with E-state index < -0.39 is 10.0 Å². The number of hydrogen-bond acceptors (Lipinski definition) is 4. The minimum atomic E-state index is -3.67. The fourth-order valence-corrected chi connectivity index (χ4v) is 4.28. The van der Waals surface area contributed by atoms with Gasteiger partial charge < -0.3 is 9.47 Å². The predicted molar refractivity (Wildman–Crippen MR) is 108 cm³/mol. The average molecular weight is 410 g/mol. The molecule has 0 aliphatic rings. The van der Waals surface area contributed by atoms with Crippen molar-refractivity contribution in [1.82, 2.24) is 4.31 Å². The highest BCUT2D eigenvalue weighted by molar-refractivity contribution is 7.89. The third-order valence-corrected chi connectivity index (χ3v) is 6.10. The van der Waals surface area contributed by atoms with E-state index in [2.05, 4.69) is 6.58 Å². The van der Waals surface area contributed by atoms with Crippen LogP contribution in [0.2, 0.25) is 0 Å². The normalized spacial score (nSPS) is 11.4. The molecule has 2 aromatic carbocycles. The van der Waals surface area contributed by atoms with Crippen molar-refractivity contribution >= 4 is 21.6 Å². The number of nitrogens with zero attached hydrogens (tertiary/aromatic N) is 1. The molecule has 2 aromatic rings. The Morgan fingerprint density at radius 3 is 2.22 bits per heavy atom. The fourth-order valence-electron chi connectivity index (χ4n) is 2.66. The second kappa shape index (κ2) is 9.78. The van der Waals surface area contributed by atoms with Crippen molar-refractivity contribution in [1.29, 1.82) is 0 Å². The van der Waals surface area contributed by atoms with Crippen LogP contribution in [0.15, 0.2) is 60.0 Å². The standard InChI is InChI=1S/C20H24ClNO4S/c1-4-13-22(15-17-7-10-19(25-2)20(14-17)26-3)27(23,24)18-8-5-16(6-9-18)11-12-21/h4-10,14H,1,11-13,15H2,2-3H3. The summed E-state index contributed by atoms with van der Waals surface area (Å²) in [5.74, 6) is 1.64. The third-order valence-electron chi connectivity index (χ3n) is 4.08. The van der Waals surface area contributed by atoms with Gasteiger partial charge in [0, 0.05) is 19.0 Å². The number of ether oxygens (including phenoxy) is 2. The first-order valence-corrected chi connectivity index (χ1v) is 10.4. The molecule has 5 nitrogen and oxygen atoms in total. The highest BCUT2D eigenvalue weighted by Gasteiger charge is 2.24. The summed E-state index contributed by atoms with van der Waals surface area (Å²) in [6.07, 6.45) is 2.27. The number of methoxy groups -OCH3 is 2. The topological polar surface area (TPSA) is 55.8 Å². The zero-order chi connectivity index (χ0) is 19.9. The Bertz CT molecular complexity index is 866. The number of alkyl halides is 1. The summed E-state index contributed by atoms with van der Waals surface area (Å²) in [5, 5.41) is 0. The van der Waals surface area contributed by atoms with Gasteiger partial charge in [-0.15, -0.1) is 18.2 Å². The van der Waals surface area contributed by atoms with E-state index in [9.17, 15) is 8.42 Å². The van der Waals surface area contributed by atoms with Crippen LogP contribution in [0, 0.1) is 0 Å². The second-order valence-electron chi connectivity index (χ2n) is 5.86. The van der Waals surface area contributed by atoms with E-state index in [0.29, 0.717) is 23.8 Å². The first-order valence-electron chi connectivity index (χ1n) is 8.43. The van der Waals surface area contributed by atoms with E-state index >= 15 is 0 Å². The molecular formula is C20H24ClNO4S. The van der Waals surface area contributed by atoms with Gasteiger partial charge in [0.25, 0.3) is 0 Å². The molecule has 7 heteroatoms. The largest absolute Gasteiger partial charge is 0.493 e. The van der Waals surface area contributed by atoms with Crippen LogP contribution in [0.4, 0.5) is 0 Å². The number of halogens is 1. The lowest BCUT2D eigenvalue weighted by Crippen LogP contribution is -2.30. The Morgan fingerprint density at radius 2 is 1.67 bits per heavy atom. The molecule has 2 rings (SSSR count). The number of hydrogen-bond donors (Lipinski definition) is 0. The first-order chi connectivity index (χ1) is 13.0. The monoisotopic (exact) mass is 409 g/mol. The summed E-state index contributed by atoms with van der Waals surface area (Å²) in [4.78, 5) is 0.239. The van der Waals surface area contributed by atoms with Gasteiger partial charge in [0.05, 0.1) is 19.1 Å². The zero-order valence-electron chi connectivity index (χ0n) is 15.5. The number of benzene rings is 2. The van der Waals surface area contributed by atoms with Crippen LogP contribution in [0.3, 0.4) is 0 Å². The van der Waals surface area contributed by atoms with Crippen molar-refractivity contribution < 1.29 is 17.9 Å². The highest BCUT2D eigenvalue weighted by Crippen LogP contribution is 2.29. The molecule has 0 heterocycles. The van der Waals surface area contributed by atoms with Crippen LogP contribution in [0.25, 0.3) is 0 Å². The summed E-state index contributed by atoms with van der Waals surface area (Å²) in [5.41, 5.74) is 1.79. The molecule has 0 bridgehead atoms. The Hall–Kier alpha value is -2.02. The maximum absolute atomic E-state index is 13.1. The molecule has 0 amide bonds. The van der Waals surface area contributed by atoms with Crippen molar-refractivity contribution in [3.63, 3.8) is 0 Å². The molecule has 0 N–H and O–H groups in total. The molecule has 0 atom stereocenters. The second-order valence-corrected chi connectivity index (χ2v) is 8.17. The van der Waals surface area contributed by atoms with E-state index in [1.807, 2.05) is 6.07 Å². The van der Waals surface area contributed by atoms with E-state index in [1.54, 1.807) is 56.7 Å². The molecule has 0 aromatic heterocycles. The van der Waals surface area contributed by atoms with E-state index in [-0.39, 0.29) is 18.0 Å². The lowest BCUT2D eigenvalue weighted by Gasteiger charge is -2.21. The van der Waals surface area contributed by atoms with Crippen molar-refractivity contribution in [2.75, 3.05) is 26.6 Å². The van der Waals surface area contributed by atoms with Crippen LogP contribution in [-0.4, -0.2) is 39.4 Å². The van der Waals surface area contributed by atoms with Gasteiger partial charge in [-0.1, -0.05) is 24.3 Å². The SMILES string of the molecule is C=CCN(Cc1ccc(OC)c(OC)c1)S(=O)(=O)c1ccc(CCCl)cc1. The molecule has 146 valence electrons. The van der Waals surface area contributed by atoms with Gasteiger partial charge in [0.1, 0.15) is 0 Å². The Kier molecular flexibility index (Phi) is 7.71. The molecule has 0 radical (unpaired) electrons. The maximum atomic E-state index is 13.1. The molecule has 0 aliphatic carbocycles. The number of aryl methyl sites for hydroxylation is 1. The molecule has 0 unspecified atom stereocenters. The minimum absolute atomic E-state index is 0.193. The highest BCUT2D eigenvalue weighted by atomic mass is 35.5. The number of rotatable bonds is 10. The molecular weight excluding hydrogens is 386 g/mol. The van der Waals surface area contributed by atoms with Crippen LogP contribution >= 0.6 is 11.6 Å². The summed E-state index contributed by atoms with van der Waals surface area (Å²) in [6, 6.07) is 12.2. The van der Waals surface area contributed by atoms with Gasteiger partial charge in [-0.3, -0.25) is 0 Å². The van der Waals surface area contributed by atoms with Crippen LogP contribution < -0.4 is 9.47 Å². The molecule has 0 fully saturated rings. The van der Waals surface area contributed by atoms with Crippen molar-refractivity contribution in [3.8, 4) is 11.5 Å². The van der Waals surface area contributed by atoms with E-state index in [1.165, 1.54) is 4.31 Å². The lowest BCUT2D eigenvalue weighted by atomic mass is 10.2. The molecule has 0 spiro atoms. The Morgan fingerprint density at radius 1 is 1.04 bits per heavy atom. The maximum Gasteiger partial charge on any atom is 0.243 e. The van der Waals surface area contributed by atoms with Gasteiger partial charge in [-0.05, 0) is 41.8 Å². The van der Waals surface area contributed by atoms with E-state index in [0.717, 1.165) is 11.1 Å². The summed E-state index contributed by atoms with van der Waals surface area (Å²) < 4.78 is 38.0. The van der Waals surface area contributed by atoms with Gasteiger partial charge in [0.2, 0.25) is 10.0 Å². The minimum Gasteiger partial charge on any atom is -0.493 e. The number of sulfonamides is 1. The van der Waals surface area contributed by atoms with Crippen molar-refractivity contribution in [2.24, 2.45) is 0 Å². The Labute approximate surface area is 166 Å². The predicted octanol–water partition coefficient (Wildman–Crippen LogP) is 3.86. The van der Waals surface area contributed by atoms with Gasteiger partial charge in [0.15, 0.2) is 11.5 Å². The van der Waals surface area contributed by atoms with Gasteiger partial charge in [-0.2, -0.15) is 4.31 Å². The average Bonchev–Trinajstić information content (AvgIpc) is 2.68. The zero-order valence-corrected chi connectivity index (χ0v) is 17.1. The van der Waals surface area contributed by atoms with Crippen LogP contribution in [-0.2, 0) is 23.0 Å². The molecule has 0 saturated carbocycles. The Balaban J connectivity index is 2.31.